The van der Waals surface area contributed by atoms with Crippen molar-refractivity contribution in [1.82, 2.24) is 19.8 Å². The minimum absolute atomic E-state index is 0.0737. The van der Waals surface area contributed by atoms with Gasteiger partial charge in [0, 0.05) is 24.5 Å². The maximum atomic E-state index is 12.7. The summed E-state index contributed by atoms with van der Waals surface area (Å²) in [5, 5.41) is 3.48. The van der Waals surface area contributed by atoms with Gasteiger partial charge in [-0.05, 0) is 30.5 Å². The minimum atomic E-state index is -0.414. The molecule has 2 aliphatic heterocycles. The fourth-order valence-corrected chi connectivity index (χ4v) is 4.78. The number of halogens is 1. The smallest absolute Gasteiger partial charge is 0.254 e. The first-order valence-electron chi connectivity index (χ1n) is 11.8. The lowest BCUT2D eigenvalue weighted by atomic mass is 10.0. The minimum Gasteiger partial charge on any atom is -0.492 e. The molecule has 3 aromatic rings. The third kappa shape index (κ3) is 4.80. The second kappa shape index (κ2) is 10.3. The number of carbonyl (C=O) groups is 1. The molecule has 1 unspecified atom stereocenters. The highest BCUT2D eigenvalue weighted by molar-refractivity contribution is 6.33. The molecule has 5 rings (SSSR count). The lowest BCUT2D eigenvalue weighted by Crippen LogP contribution is -2.33. The number of aryl methyl sites for hydroxylation is 1. The molecule has 2 aliphatic rings. The van der Waals surface area contributed by atoms with Crippen molar-refractivity contribution in [3.63, 3.8) is 0 Å². The number of aliphatic imine (C=N–C) groups is 1. The van der Waals surface area contributed by atoms with Crippen molar-refractivity contribution in [3.8, 4) is 5.75 Å². The van der Waals surface area contributed by atoms with Crippen LogP contribution in [0.2, 0.25) is 5.02 Å². The average Bonchev–Trinajstić information content (AvgIpc) is 3.48. The highest BCUT2D eigenvalue weighted by Gasteiger charge is 2.40. The summed E-state index contributed by atoms with van der Waals surface area (Å²) in [6.45, 7) is 2.15. The molecule has 2 aromatic carbocycles. The van der Waals surface area contributed by atoms with E-state index in [0.717, 1.165) is 42.6 Å². The van der Waals surface area contributed by atoms with Crippen LogP contribution in [0.4, 0.5) is 5.69 Å². The summed E-state index contributed by atoms with van der Waals surface area (Å²) in [6, 6.07) is 13.1. The monoisotopic (exact) mass is 477 g/mol. The Morgan fingerprint density at radius 1 is 1.06 bits per heavy atom. The number of unbranched alkanes of at least 4 members (excludes halogenated alkanes) is 4. The highest BCUT2D eigenvalue weighted by Crippen LogP contribution is 2.41. The molecule has 176 valence electrons. The molecule has 1 aromatic heterocycles. The Kier molecular flexibility index (Phi) is 6.81. The van der Waals surface area contributed by atoms with Gasteiger partial charge in [-0.2, -0.15) is 0 Å². The van der Waals surface area contributed by atoms with Crippen molar-refractivity contribution < 1.29 is 9.53 Å². The second-order valence-corrected chi connectivity index (χ2v) is 9.04. The summed E-state index contributed by atoms with van der Waals surface area (Å²) in [7, 11) is 0. The van der Waals surface area contributed by atoms with Gasteiger partial charge in [-0.15, -0.1) is 0 Å². The van der Waals surface area contributed by atoms with Crippen LogP contribution < -0.4 is 10.1 Å². The van der Waals surface area contributed by atoms with Crippen molar-refractivity contribution in [1.29, 1.82) is 0 Å². The number of guanidine groups is 1. The summed E-state index contributed by atoms with van der Waals surface area (Å²) >= 11 is 6.74. The Morgan fingerprint density at radius 2 is 1.88 bits per heavy atom. The molecule has 1 atom stereocenters. The number of nitrogens with zero attached hydrogens (tertiary/aromatic N) is 4. The molecule has 0 aliphatic carbocycles. The molecule has 0 spiro atoms. The standard InChI is InChI=1S/C26H28ClN5O2/c27-23-20-17-32-24(19-9-5-4-6-10-19)25(33)30-26(32)29-21(20)11-12-22(23)34-16-8-3-1-2-7-14-31-15-13-28-18-31/h4-6,9-13,15,18,24H,1-3,7-8,14,16-17H2,(H,29,30,33). The molecule has 1 amide bonds. The third-order valence-electron chi connectivity index (χ3n) is 6.30. The molecule has 1 N–H and O–H groups in total. The van der Waals surface area contributed by atoms with Crippen LogP contribution >= 0.6 is 11.6 Å². The number of nitrogens with one attached hydrogen (secondary N) is 1. The zero-order chi connectivity index (χ0) is 23.3. The van der Waals surface area contributed by atoms with E-state index < -0.39 is 6.04 Å². The van der Waals surface area contributed by atoms with Crippen molar-refractivity contribution in [2.24, 2.45) is 4.99 Å². The molecule has 0 saturated carbocycles. The lowest BCUT2D eigenvalue weighted by molar-refractivity contribution is -0.121. The largest absolute Gasteiger partial charge is 0.492 e. The number of hydrogen-bond acceptors (Lipinski definition) is 5. The van der Waals surface area contributed by atoms with E-state index in [1.54, 1.807) is 0 Å². The Hall–Kier alpha value is -3.32. The van der Waals surface area contributed by atoms with Gasteiger partial charge in [0.15, 0.2) is 0 Å². The van der Waals surface area contributed by atoms with Gasteiger partial charge in [0.25, 0.3) is 5.91 Å². The summed E-state index contributed by atoms with van der Waals surface area (Å²) in [5.41, 5.74) is 2.59. The molecular weight excluding hydrogens is 450 g/mol. The van der Waals surface area contributed by atoms with Gasteiger partial charge >= 0.3 is 0 Å². The van der Waals surface area contributed by atoms with Gasteiger partial charge in [0.1, 0.15) is 11.8 Å². The topological polar surface area (TPSA) is 71.7 Å². The molecule has 7 nitrogen and oxygen atoms in total. The summed E-state index contributed by atoms with van der Waals surface area (Å²) in [6.07, 6.45) is 11.3. The molecule has 34 heavy (non-hydrogen) atoms. The molecule has 8 heteroatoms. The van der Waals surface area contributed by atoms with E-state index in [9.17, 15) is 4.79 Å². The number of fused-ring (bicyclic) bond motifs is 2. The van der Waals surface area contributed by atoms with Crippen molar-refractivity contribution in [2.45, 2.75) is 51.2 Å². The molecule has 0 radical (unpaired) electrons. The number of rotatable bonds is 10. The fraction of sp³-hybridized carbons (Fsp3) is 0.346. The van der Waals surface area contributed by atoms with Crippen LogP contribution in [0, 0.1) is 0 Å². The van der Waals surface area contributed by atoms with Crippen molar-refractivity contribution in [2.75, 3.05) is 6.61 Å². The van der Waals surface area contributed by atoms with E-state index in [1.807, 2.05) is 66.1 Å². The van der Waals surface area contributed by atoms with E-state index in [0.29, 0.717) is 29.9 Å². The maximum Gasteiger partial charge on any atom is 0.254 e. The summed E-state index contributed by atoms with van der Waals surface area (Å²) in [5.74, 6) is 1.17. The normalized spacial score (nSPS) is 16.6. The van der Waals surface area contributed by atoms with Crippen molar-refractivity contribution >= 4 is 29.2 Å². The molecule has 0 bridgehead atoms. The SMILES string of the molecule is O=C1NC2=Nc3ccc(OCCCCCCCn4ccnc4)c(Cl)c3CN2C1c1ccccc1. The Morgan fingerprint density at radius 3 is 2.71 bits per heavy atom. The van der Waals surface area contributed by atoms with Gasteiger partial charge in [-0.3, -0.25) is 10.1 Å². The number of hydrogen-bond donors (Lipinski definition) is 1. The number of amides is 1. The second-order valence-electron chi connectivity index (χ2n) is 8.66. The maximum absolute atomic E-state index is 12.7. The average molecular weight is 478 g/mol. The number of carbonyl (C=O) groups excluding carboxylic acids is 1. The van der Waals surface area contributed by atoms with Crippen LogP contribution in [0.15, 0.2) is 66.2 Å². The Bertz CT molecular complexity index is 1160. The fourth-order valence-electron chi connectivity index (χ4n) is 4.51. The van der Waals surface area contributed by atoms with Gasteiger partial charge in [0.2, 0.25) is 5.96 Å². The zero-order valence-corrected chi connectivity index (χ0v) is 19.7. The van der Waals surface area contributed by atoms with E-state index in [4.69, 9.17) is 16.3 Å². The first-order valence-corrected chi connectivity index (χ1v) is 12.2. The van der Waals surface area contributed by atoms with Gasteiger partial charge in [0.05, 0.1) is 30.2 Å². The number of benzene rings is 2. The van der Waals surface area contributed by atoms with E-state index in [-0.39, 0.29) is 5.91 Å². The van der Waals surface area contributed by atoms with E-state index in [1.165, 1.54) is 12.8 Å². The number of ether oxygens (including phenoxy) is 1. The van der Waals surface area contributed by atoms with Gasteiger partial charge in [-0.25, -0.2) is 9.98 Å². The van der Waals surface area contributed by atoms with Crippen LogP contribution in [0.5, 0.6) is 5.75 Å². The zero-order valence-electron chi connectivity index (χ0n) is 19.0. The van der Waals surface area contributed by atoms with Gasteiger partial charge < -0.3 is 14.2 Å². The number of imidazole rings is 1. The van der Waals surface area contributed by atoms with Crippen LogP contribution in [0.1, 0.15) is 49.3 Å². The molecule has 3 heterocycles. The Balaban J connectivity index is 1.15. The first-order chi connectivity index (χ1) is 16.7. The van der Waals surface area contributed by atoms with Gasteiger partial charge in [-0.1, -0.05) is 61.2 Å². The van der Waals surface area contributed by atoms with E-state index >= 15 is 0 Å². The highest BCUT2D eigenvalue weighted by atomic mass is 35.5. The predicted octanol–water partition coefficient (Wildman–Crippen LogP) is 5.24. The molecular formula is C26H28ClN5O2. The first kappa shape index (κ1) is 22.5. The Labute approximate surface area is 204 Å². The van der Waals surface area contributed by atoms with Crippen LogP contribution in [0.25, 0.3) is 0 Å². The van der Waals surface area contributed by atoms with Crippen molar-refractivity contribution in [3.05, 3.63) is 77.3 Å². The number of aromatic nitrogens is 2. The van der Waals surface area contributed by atoms with E-state index in [2.05, 4.69) is 19.9 Å². The third-order valence-corrected chi connectivity index (χ3v) is 6.71. The molecule has 1 fully saturated rings. The predicted molar refractivity (Wildman–Crippen MR) is 132 cm³/mol. The summed E-state index contributed by atoms with van der Waals surface area (Å²) < 4.78 is 8.13. The van der Waals surface area contributed by atoms with Crippen LogP contribution in [0.3, 0.4) is 0 Å². The van der Waals surface area contributed by atoms with Crippen LogP contribution in [-0.4, -0.2) is 32.9 Å². The summed E-state index contributed by atoms with van der Waals surface area (Å²) in [4.78, 5) is 23.4. The molecule has 1 saturated heterocycles. The van der Waals surface area contributed by atoms with Crippen LogP contribution in [-0.2, 0) is 17.9 Å². The lowest BCUT2D eigenvalue weighted by Gasteiger charge is -2.29. The quantitative estimate of drug-likeness (QED) is 0.405.